The SMILES string of the molecule is CC(CN)CC(=O)N(C)CCC(=O)O. The fourth-order valence-electron chi connectivity index (χ4n) is 0.925. The molecule has 0 spiro atoms. The number of carboxylic acids is 1. The second-order valence-electron chi connectivity index (χ2n) is 3.50. The second-order valence-corrected chi connectivity index (χ2v) is 3.50. The minimum absolute atomic E-state index is 0.0146. The Morgan fingerprint density at radius 2 is 2.07 bits per heavy atom. The van der Waals surface area contributed by atoms with Crippen molar-refractivity contribution < 1.29 is 14.7 Å². The summed E-state index contributed by atoms with van der Waals surface area (Å²) >= 11 is 0. The molecule has 3 N–H and O–H groups in total. The standard InChI is InChI=1S/C9H18N2O3/c1-7(6-10)5-8(12)11(2)4-3-9(13)14/h7H,3-6,10H2,1-2H3,(H,13,14). The monoisotopic (exact) mass is 202 g/mol. The van der Waals surface area contributed by atoms with Crippen LogP contribution in [-0.2, 0) is 9.59 Å². The molecule has 0 aromatic rings. The number of amides is 1. The lowest BCUT2D eigenvalue weighted by Gasteiger charge is -2.17. The molecule has 0 aliphatic carbocycles. The lowest BCUT2D eigenvalue weighted by atomic mass is 10.1. The van der Waals surface area contributed by atoms with Crippen molar-refractivity contribution in [2.45, 2.75) is 19.8 Å². The van der Waals surface area contributed by atoms with Crippen molar-refractivity contribution in [3.8, 4) is 0 Å². The van der Waals surface area contributed by atoms with Gasteiger partial charge in [0.15, 0.2) is 0 Å². The van der Waals surface area contributed by atoms with Crippen LogP contribution in [0.5, 0.6) is 0 Å². The summed E-state index contributed by atoms with van der Waals surface area (Å²) in [5.41, 5.74) is 5.38. The average molecular weight is 202 g/mol. The predicted octanol–water partition coefficient (Wildman–Crippen LogP) is -0.0956. The van der Waals surface area contributed by atoms with E-state index < -0.39 is 5.97 Å². The fraction of sp³-hybridized carbons (Fsp3) is 0.778. The largest absolute Gasteiger partial charge is 0.481 e. The molecule has 0 aromatic heterocycles. The van der Waals surface area contributed by atoms with Gasteiger partial charge in [0.25, 0.3) is 0 Å². The Hall–Kier alpha value is -1.10. The maximum atomic E-state index is 11.4. The molecule has 0 saturated carbocycles. The molecular weight excluding hydrogens is 184 g/mol. The van der Waals surface area contributed by atoms with Crippen LogP contribution in [0.25, 0.3) is 0 Å². The zero-order valence-electron chi connectivity index (χ0n) is 8.69. The Labute approximate surface area is 83.9 Å². The Morgan fingerprint density at radius 3 is 2.50 bits per heavy atom. The van der Waals surface area contributed by atoms with E-state index in [4.69, 9.17) is 10.8 Å². The fourth-order valence-corrected chi connectivity index (χ4v) is 0.925. The summed E-state index contributed by atoms with van der Waals surface area (Å²) in [6.07, 6.45) is 0.367. The third-order valence-corrected chi connectivity index (χ3v) is 2.01. The van der Waals surface area contributed by atoms with Gasteiger partial charge in [-0.3, -0.25) is 9.59 Å². The predicted molar refractivity (Wildman–Crippen MR) is 52.7 cm³/mol. The van der Waals surface area contributed by atoms with Crippen molar-refractivity contribution in [3.63, 3.8) is 0 Å². The highest BCUT2D eigenvalue weighted by Crippen LogP contribution is 2.02. The molecule has 14 heavy (non-hydrogen) atoms. The molecule has 0 saturated heterocycles. The molecule has 0 heterocycles. The quantitative estimate of drug-likeness (QED) is 0.630. The van der Waals surface area contributed by atoms with Gasteiger partial charge in [-0.1, -0.05) is 6.92 Å². The van der Waals surface area contributed by atoms with Crippen molar-refractivity contribution in [2.75, 3.05) is 20.1 Å². The van der Waals surface area contributed by atoms with Crippen LogP contribution in [0.4, 0.5) is 0 Å². The lowest BCUT2D eigenvalue weighted by molar-refractivity contribution is -0.138. The summed E-state index contributed by atoms with van der Waals surface area (Å²) in [4.78, 5) is 23.1. The molecule has 82 valence electrons. The van der Waals surface area contributed by atoms with E-state index in [1.54, 1.807) is 7.05 Å². The highest BCUT2D eigenvalue weighted by atomic mass is 16.4. The van der Waals surface area contributed by atoms with Crippen LogP contribution >= 0.6 is 0 Å². The molecule has 1 amide bonds. The minimum Gasteiger partial charge on any atom is -0.481 e. The van der Waals surface area contributed by atoms with Gasteiger partial charge in [-0.25, -0.2) is 0 Å². The van der Waals surface area contributed by atoms with Crippen LogP contribution in [-0.4, -0.2) is 42.0 Å². The van der Waals surface area contributed by atoms with Gasteiger partial charge in [0.05, 0.1) is 6.42 Å². The van der Waals surface area contributed by atoms with Gasteiger partial charge in [0, 0.05) is 20.0 Å². The summed E-state index contributed by atoms with van der Waals surface area (Å²) < 4.78 is 0. The van der Waals surface area contributed by atoms with Crippen LogP contribution in [0.1, 0.15) is 19.8 Å². The smallest absolute Gasteiger partial charge is 0.305 e. The average Bonchev–Trinajstić information content (AvgIpc) is 2.13. The minimum atomic E-state index is -0.892. The Balaban J connectivity index is 3.81. The zero-order valence-corrected chi connectivity index (χ0v) is 8.69. The van der Waals surface area contributed by atoms with E-state index in [0.29, 0.717) is 13.0 Å². The van der Waals surface area contributed by atoms with Crippen LogP contribution < -0.4 is 5.73 Å². The van der Waals surface area contributed by atoms with Crippen molar-refractivity contribution in [2.24, 2.45) is 11.7 Å². The van der Waals surface area contributed by atoms with E-state index in [1.165, 1.54) is 4.90 Å². The number of hydrogen-bond acceptors (Lipinski definition) is 3. The van der Waals surface area contributed by atoms with E-state index in [-0.39, 0.29) is 24.8 Å². The van der Waals surface area contributed by atoms with Crippen LogP contribution in [0.15, 0.2) is 0 Å². The van der Waals surface area contributed by atoms with E-state index in [1.807, 2.05) is 6.92 Å². The molecule has 1 unspecified atom stereocenters. The first kappa shape index (κ1) is 12.9. The normalized spacial score (nSPS) is 12.2. The van der Waals surface area contributed by atoms with E-state index in [0.717, 1.165) is 0 Å². The van der Waals surface area contributed by atoms with E-state index >= 15 is 0 Å². The van der Waals surface area contributed by atoms with Crippen LogP contribution in [0.3, 0.4) is 0 Å². The molecule has 0 aliphatic heterocycles. The van der Waals surface area contributed by atoms with E-state index in [9.17, 15) is 9.59 Å². The second kappa shape index (κ2) is 6.37. The molecule has 1 atom stereocenters. The summed E-state index contributed by atoms with van der Waals surface area (Å²) in [5.74, 6) is -0.796. The number of carbonyl (C=O) groups excluding carboxylic acids is 1. The van der Waals surface area contributed by atoms with Gasteiger partial charge in [-0.2, -0.15) is 0 Å². The molecule has 5 nitrogen and oxygen atoms in total. The molecule has 0 rings (SSSR count). The highest BCUT2D eigenvalue weighted by Gasteiger charge is 2.12. The Bertz CT molecular complexity index is 206. The highest BCUT2D eigenvalue weighted by molar-refractivity contribution is 5.76. The van der Waals surface area contributed by atoms with Crippen molar-refractivity contribution in [1.29, 1.82) is 0 Å². The molecule has 0 fully saturated rings. The first-order valence-corrected chi connectivity index (χ1v) is 4.63. The molecule has 0 aromatic carbocycles. The summed E-state index contributed by atoms with van der Waals surface area (Å²) in [6.45, 7) is 2.62. The topological polar surface area (TPSA) is 83.6 Å². The van der Waals surface area contributed by atoms with Crippen molar-refractivity contribution in [3.05, 3.63) is 0 Å². The summed E-state index contributed by atoms with van der Waals surface area (Å²) in [5, 5.41) is 8.41. The van der Waals surface area contributed by atoms with E-state index in [2.05, 4.69) is 0 Å². The number of rotatable bonds is 6. The number of hydrogen-bond donors (Lipinski definition) is 2. The molecule has 0 radical (unpaired) electrons. The van der Waals surface area contributed by atoms with Crippen LogP contribution in [0, 0.1) is 5.92 Å². The number of nitrogens with zero attached hydrogens (tertiary/aromatic N) is 1. The molecule has 0 aliphatic rings. The van der Waals surface area contributed by atoms with Gasteiger partial charge < -0.3 is 15.7 Å². The maximum Gasteiger partial charge on any atom is 0.305 e. The zero-order chi connectivity index (χ0) is 11.1. The number of nitrogens with two attached hydrogens (primary N) is 1. The Kier molecular flexibility index (Phi) is 5.87. The van der Waals surface area contributed by atoms with Crippen LogP contribution in [0.2, 0.25) is 0 Å². The summed E-state index contributed by atoms with van der Waals surface area (Å²) in [6, 6.07) is 0. The third kappa shape index (κ3) is 5.53. The van der Waals surface area contributed by atoms with Gasteiger partial charge in [0.1, 0.15) is 0 Å². The van der Waals surface area contributed by atoms with Crippen molar-refractivity contribution in [1.82, 2.24) is 4.90 Å². The first-order valence-electron chi connectivity index (χ1n) is 4.63. The Morgan fingerprint density at radius 1 is 1.50 bits per heavy atom. The first-order chi connectivity index (χ1) is 6.47. The number of aliphatic carboxylic acids is 1. The van der Waals surface area contributed by atoms with Crippen molar-refractivity contribution >= 4 is 11.9 Å². The van der Waals surface area contributed by atoms with Gasteiger partial charge in [-0.05, 0) is 12.5 Å². The maximum absolute atomic E-state index is 11.4. The molecular formula is C9H18N2O3. The number of carbonyl (C=O) groups is 2. The molecule has 5 heteroatoms. The van der Waals surface area contributed by atoms with Gasteiger partial charge in [-0.15, -0.1) is 0 Å². The van der Waals surface area contributed by atoms with Gasteiger partial charge in [0.2, 0.25) is 5.91 Å². The summed E-state index contributed by atoms with van der Waals surface area (Å²) in [7, 11) is 1.61. The molecule has 0 bridgehead atoms. The number of carboxylic acid groups (broad SMARTS) is 1. The van der Waals surface area contributed by atoms with Gasteiger partial charge >= 0.3 is 5.97 Å². The lowest BCUT2D eigenvalue weighted by Crippen LogP contribution is -2.31. The third-order valence-electron chi connectivity index (χ3n) is 2.01.